The maximum absolute atomic E-state index is 14.1. The van der Waals surface area contributed by atoms with Gasteiger partial charge in [-0.2, -0.15) is 0 Å². The summed E-state index contributed by atoms with van der Waals surface area (Å²) < 4.78 is 14.1. The summed E-state index contributed by atoms with van der Waals surface area (Å²) in [4.78, 5) is 13.1. The number of hydrogen-bond donors (Lipinski definition) is 1. The predicted molar refractivity (Wildman–Crippen MR) is 76.2 cm³/mol. The number of rotatable bonds is 4. The molecule has 1 aliphatic heterocycles. The van der Waals surface area contributed by atoms with Gasteiger partial charge in [-0.15, -0.1) is 0 Å². The van der Waals surface area contributed by atoms with Gasteiger partial charge in [0.05, 0.1) is 5.56 Å². The van der Waals surface area contributed by atoms with Crippen molar-refractivity contribution >= 4 is 5.97 Å². The van der Waals surface area contributed by atoms with E-state index in [0.717, 1.165) is 31.8 Å². The van der Waals surface area contributed by atoms with Gasteiger partial charge in [0.2, 0.25) is 0 Å². The Hall–Kier alpha value is -1.42. The number of hydrogen-bond acceptors (Lipinski definition) is 2. The van der Waals surface area contributed by atoms with E-state index in [1.165, 1.54) is 6.07 Å². The van der Waals surface area contributed by atoms with Crippen LogP contribution in [-0.4, -0.2) is 29.1 Å². The van der Waals surface area contributed by atoms with Gasteiger partial charge in [-0.25, -0.2) is 9.18 Å². The first kappa shape index (κ1) is 15.0. The van der Waals surface area contributed by atoms with Crippen molar-refractivity contribution in [2.24, 2.45) is 11.8 Å². The SMILES string of the molecule is CC(C)C1CCN(Cc2cccc(C(=O)O)c2F)CC1. The Kier molecular flexibility index (Phi) is 4.76. The van der Waals surface area contributed by atoms with E-state index in [1.54, 1.807) is 12.1 Å². The fourth-order valence-electron chi connectivity index (χ4n) is 2.89. The van der Waals surface area contributed by atoms with Crippen molar-refractivity contribution in [2.75, 3.05) is 13.1 Å². The second-order valence-electron chi connectivity index (χ2n) is 5.94. The molecule has 110 valence electrons. The molecule has 3 nitrogen and oxygen atoms in total. The van der Waals surface area contributed by atoms with E-state index in [1.807, 2.05) is 0 Å². The molecule has 1 N–H and O–H groups in total. The summed E-state index contributed by atoms with van der Waals surface area (Å²) in [6.45, 7) is 6.91. The van der Waals surface area contributed by atoms with Crippen LogP contribution < -0.4 is 0 Å². The molecule has 0 aliphatic carbocycles. The lowest BCUT2D eigenvalue weighted by Crippen LogP contribution is -2.35. The Bertz CT molecular complexity index is 479. The molecule has 4 heteroatoms. The average Bonchev–Trinajstić information content (AvgIpc) is 2.41. The minimum Gasteiger partial charge on any atom is -0.478 e. The maximum atomic E-state index is 14.1. The molecule has 1 heterocycles. The number of likely N-dealkylation sites (tertiary alicyclic amines) is 1. The first-order valence-electron chi connectivity index (χ1n) is 7.22. The van der Waals surface area contributed by atoms with E-state index in [4.69, 9.17) is 5.11 Å². The van der Waals surface area contributed by atoms with Crippen LogP contribution in [0.2, 0.25) is 0 Å². The molecule has 20 heavy (non-hydrogen) atoms. The van der Waals surface area contributed by atoms with Crippen molar-refractivity contribution in [1.82, 2.24) is 4.90 Å². The van der Waals surface area contributed by atoms with Gasteiger partial charge in [0.1, 0.15) is 5.82 Å². The number of halogens is 1. The van der Waals surface area contributed by atoms with E-state index >= 15 is 0 Å². The van der Waals surface area contributed by atoms with Crippen molar-refractivity contribution < 1.29 is 14.3 Å². The molecule has 2 rings (SSSR count). The summed E-state index contributed by atoms with van der Waals surface area (Å²) in [5, 5.41) is 8.94. The molecule has 0 saturated carbocycles. The molecule has 1 aliphatic rings. The zero-order valence-electron chi connectivity index (χ0n) is 12.1. The molecule has 1 aromatic carbocycles. The van der Waals surface area contributed by atoms with Crippen LogP contribution in [0.5, 0.6) is 0 Å². The van der Waals surface area contributed by atoms with Crippen LogP contribution in [0.25, 0.3) is 0 Å². The highest BCUT2D eigenvalue weighted by atomic mass is 19.1. The van der Waals surface area contributed by atoms with Crippen molar-refractivity contribution in [2.45, 2.75) is 33.2 Å². The molecule has 0 atom stereocenters. The van der Waals surface area contributed by atoms with Crippen LogP contribution in [0, 0.1) is 17.7 Å². The van der Waals surface area contributed by atoms with Crippen LogP contribution in [0.3, 0.4) is 0 Å². The lowest BCUT2D eigenvalue weighted by atomic mass is 9.86. The minimum atomic E-state index is -1.21. The minimum absolute atomic E-state index is 0.237. The number of piperidine rings is 1. The summed E-state index contributed by atoms with van der Waals surface area (Å²) >= 11 is 0. The largest absolute Gasteiger partial charge is 0.478 e. The van der Waals surface area contributed by atoms with Crippen molar-refractivity contribution in [3.8, 4) is 0 Å². The molecule has 0 unspecified atom stereocenters. The number of benzene rings is 1. The van der Waals surface area contributed by atoms with Gasteiger partial charge in [-0.1, -0.05) is 26.0 Å². The van der Waals surface area contributed by atoms with Gasteiger partial charge in [0.25, 0.3) is 0 Å². The highest BCUT2D eigenvalue weighted by molar-refractivity contribution is 5.88. The second-order valence-corrected chi connectivity index (χ2v) is 5.94. The summed E-state index contributed by atoms with van der Waals surface area (Å²) in [5.74, 6) is -0.348. The third-order valence-electron chi connectivity index (χ3n) is 4.28. The van der Waals surface area contributed by atoms with Crippen LogP contribution in [0.1, 0.15) is 42.6 Å². The van der Waals surface area contributed by atoms with Gasteiger partial charge in [-0.05, 0) is 43.8 Å². The lowest BCUT2D eigenvalue weighted by Gasteiger charge is -2.33. The fraction of sp³-hybridized carbons (Fsp3) is 0.562. The van der Waals surface area contributed by atoms with Gasteiger partial charge in [0.15, 0.2) is 0 Å². The Morgan fingerprint density at radius 3 is 2.60 bits per heavy atom. The van der Waals surface area contributed by atoms with Crippen LogP contribution in [0.15, 0.2) is 18.2 Å². The summed E-state index contributed by atoms with van der Waals surface area (Å²) in [6, 6.07) is 4.60. The maximum Gasteiger partial charge on any atom is 0.338 e. The molecule has 0 radical (unpaired) electrons. The molecular weight excluding hydrogens is 257 g/mol. The van der Waals surface area contributed by atoms with E-state index in [2.05, 4.69) is 18.7 Å². The van der Waals surface area contributed by atoms with E-state index < -0.39 is 11.8 Å². The van der Waals surface area contributed by atoms with E-state index in [-0.39, 0.29) is 5.56 Å². The van der Waals surface area contributed by atoms with Crippen LogP contribution >= 0.6 is 0 Å². The second kappa shape index (κ2) is 6.35. The fourth-order valence-corrected chi connectivity index (χ4v) is 2.89. The third-order valence-corrected chi connectivity index (χ3v) is 4.28. The molecule has 0 aromatic heterocycles. The number of aromatic carboxylic acids is 1. The normalized spacial score (nSPS) is 17.6. The van der Waals surface area contributed by atoms with Crippen LogP contribution in [-0.2, 0) is 6.54 Å². The van der Waals surface area contributed by atoms with Gasteiger partial charge < -0.3 is 5.11 Å². The molecular formula is C16H22FNO2. The average molecular weight is 279 g/mol. The highest BCUT2D eigenvalue weighted by Gasteiger charge is 2.23. The molecule has 1 aromatic rings. The zero-order chi connectivity index (χ0) is 14.7. The number of carbonyl (C=O) groups is 1. The quantitative estimate of drug-likeness (QED) is 0.918. The Balaban J connectivity index is 2.01. The van der Waals surface area contributed by atoms with Crippen molar-refractivity contribution in [3.63, 3.8) is 0 Å². The Morgan fingerprint density at radius 2 is 2.05 bits per heavy atom. The van der Waals surface area contributed by atoms with Gasteiger partial charge >= 0.3 is 5.97 Å². The topological polar surface area (TPSA) is 40.5 Å². The smallest absolute Gasteiger partial charge is 0.338 e. The highest BCUT2D eigenvalue weighted by Crippen LogP contribution is 2.26. The van der Waals surface area contributed by atoms with E-state index in [9.17, 15) is 9.18 Å². The lowest BCUT2D eigenvalue weighted by molar-refractivity contribution is 0.0691. The van der Waals surface area contributed by atoms with Crippen molar-refractivity contribution in [3.05, 3.63) is 35.1 Å². The first-order chi connectivity index (χ1) is 9.49. The van der Waals surface area contributed by atoms with Gasteiger partial charge in [0, 0.05) is 12.1 Å². The molecule has 0 bridgehead atoms. The Labute approximate surface area is 119 Å². The molecule has 1 saturated heterocycles. The third kappa shape index (κ3) is 3.37. The number of carboxylic acids is 1. The first-order valence-corrected chi connectivity index (χ1v) is 7.22. The van der Waals surface area contributed by atoms with Gasteiger partial charge in [-0.3, -0.25) is 4.90 Å². The van der Waals surface area contributed by atoms with Crippen molar-refractivity contribution in [1.29, 1.82) is 0 Å². The van der Waals surface area contributed by atoms with Crippen LogP contribution in [0.4, 0.5) is 4.39 Å². The molecule has 0 amide bonds. The number of carboxylic acid groups (broad SMARTS) is 1. The van der Waals surface area contributed by atoms with E-state index in [0.29, 0.717) is 18.0 Å². The zero-order valence-corrected chi connectivity index (χ0v) is 12.1. The molecule has 0 spiro atoms. The number of nitrogens with zero attached hydrogens (tertiary/aromatic N) is 1. The standard InChI is InChI=1S/C16H22FNO2/c1-11(2)12-6-8-18(9-7-12)10-13-4-3-5-14(15(13)17)16(19)20/h3-5,11-12H,6-10H2,1-2H3,(H,19,20). The summed E-state index contributed by atoms with van der Waals surface area (Å²) in [6.07, 6.45) is 2.27. The summed E-state index contributed by atoms with van der Waals surface area (Å²) in [5.41, 5.74) is 0.243. The Morgan fingerprint density at radius 1 is 1.40 bits per heavy atom. The summed E-state index contributed by atoms with van der Waals surface area (Å²) in [7, 11) is 0. The monoisotopic (exact) mass is 279 g/mol. The predicted octanol–water partition coefficient (Wildman–Crippen LogP) is 3.39. The molecule has 1 fully saturated rings.